The van der Waals surface area contributed by atoms with E-state index < -0.39 is 28.0 Å². The standard InChI is InChI=1S/C25H24N2O6S/c1-17-12-13-19(25(29)32-2)14-20(17)26-24(28)23-15-27(21-10-6-7-11-22(21)33-23)34(30,31)16-18-8-4-3-5-9-18/h3-14,23H,15-16H2,1-2H3,(H,26,28)/t23-/m1/s1. The summed E-state index contributed by atoms with van der Waals surface area (Å²) < 4.78 is 38.5. The summed E-state index contributed by atoms with van der Waals surface area (Å²) in [5, 5.41) is 2.76. The van der Waals surface area contributed by atoms with Crippen LogP contribution in [0.2, 0.25) is 0 Å². The highest BCUT2D eigenvalue weighted by atomic mass is 32.2. The average molecular weight is 481 g/mol. The van der Waals surface area contributed by atoms with Gasteiger partial charge in [0.2, 0.25) is 10.0 Å². The van der Waals surface area contributed by atoms with Crippen molar-refractivity contribution in [2.24, 2.45) is 0 Å². The number of amides is 1. The molecule has 0 aromatic heterocycles. The molecule has 0 spiro atoms. The van der Waals surface area contributed by atoms with E-state index in [4.69, 9.17) is 9.47 Å². The molecular formula is C25H24N2O6S. The fourth-order valence-corrected chi connectivity index (χ4v) is 5.26. The maximum Gasteiger partial charge on any atom is 0.337 e. The molecule has 1 aliphatic heterocycles. The molecular weight excluding hydrogens is 456 g/mol. The number of hydrogen-bond acceptors (Lipinski definition) is 6. The van der Waals surface area contributed by atoms with E-state index in [1.54, 1.807) is 67.6 Å². The number of nitrogens with one attached hydrogen (secondary N) is 1. The van der Waals surface area contributed by atoms with Crippen LogP contribution in [-0.2, 0) is 25.3 Å². The van der Waals surface area contributed by atoms with Gasteiger partial charge in [0.15, 0.2) is 6.10 Å². The van der Waals surface area contributed by atoms with Crippen molar-refractivity contribution >= 4 is 33.3 Å². The molecule has 0 saturated heterocycles. The first-order valence-corrected chi connectivity index (χ1v) is 12.2. The lowest BCUT2D eigenvalue weighted by atomic mass is 10.1. The van der Waals surface area contributed by atoms with Gasteiger partial charge in [-0.25, -0.2) is 13.2 Å². The Labute approximate surface area is 198 Å². The highest BCUT2D eigenvalue weighted by Gasteiger charge is 2.36. The Hall–Kier alpha value is -3.85. The quantitative estimate of drug-likeness (QED) is 0.542. The van der Waals surface area contributed by atoms with Crippen LogP contribution < -0.4 is 14.4 Å². The van der Waals surface area contributed by atoms with Gasteiger partial charge in [0, 0.05) is 5.69 Å². The molecule has 3 aromatic carbocycles. The predicted octanol–water partition coefficient (Wildman–Crippen LogP) is 3.52. The van der Waals surface area contributed by atoms with Crippen molar-refractivity contribution in [1.82, 2.24) is 0 Å². The zero-order valence-corrected chi connectivity index (χ0v) is 19.5. The van der Waals surface area contributed by atoms with Crippen molar-refractivity contribution in [2.75, 3.05) is 23.3 Å². The summed E-state index contributed by atoms with van der Waals surface area (Å²) in [6, 6.07) is 20.4. The molecule has 1 amide bonds. The normalized spacial score (nSPS) is 15.1. The molecule has 8 nitrogen and oxygen atoms in total. The van der Waals surface area contributed by atoms with Crippen molar-refractivity contribution in [3.8, 4) is 5.75 Å². The van der Waals surface area contributed by atoms with Gasteiger partial charge in [0.25, 0.3) is 5.91 Å². The summed E-state index contributed by atoms with van der Waals surface area (Å²) in [5.74, 6) is -0.974. The number of methoxy groups -OCH3 is 1. The largest absolute Gasteiger partial charge is 0.476 e. The number of ether oxygens (including phenoxy) is 2. The van der Waals surface area contributed by atoms with Crippen molar-refractivity contribution in [3.63, 3.8) is 0 Å². The topological polar surface area (TPSA) is 102 Å². The number of para-hydroxylation sites is 2. The maximum atomic E-state index is 13.3. The smallest absolute Gasteiger partial charge is 0.337 e. The van der Waals surface area contributed by atoms with Crippen LogP contribution in [0, 0.1) is 6.92 Å². The minimum atomic E-state index is -3.81. The first-order valence-electron chi connectivity index (χ1n) is 10.6. The van der Waals surface area contributed by atoms with Crippen molar-refractivity contribution < 1.29 is 27.5 Å². The van der Waals surface area contributed by atoms with E-state index in [9.17, 15) is 18.0 Å². The zero-order valence-electron chi connectivity index (χ0n) is 18.7. The molecule has 0 radical (unpaired) electrons. The van der Waals surface area contributed by atoms with Gasteiger partial charge in [-0.1, -0.05) is 48.5 Å². The third-order valence-electron chi connectivity index (χ3n) is 5.47. The summed E-state index contributed by atoms with van der Waals surface area (Å²) in [4.78, 5) is 25.0. The summed E-state index contributed by atoms with van der Waals surface area (Å²) in [6.07, 6.45) is -1.10. The molecule has 0 saturated carbocycles. The number of fused-ring (bicyclic) bond motifs is 1. The number of aryl methyl sites for hydroxylation is 1. The van der Waals surface area contributed by atoms with E-state index in [2.05, 4.69) is 5.32 Å². The molecule has 4 rings (SSSR count). The second-order valence-corrected chi connectivity index (χ2v) is 9.75. The third kappa shape index (κ3) is 4.89. The number of benzene rings is 3. The van der Waals surface area contributed by atoms with Crippen molar-refractivity contribution in [3.05, 3.63) is 89.5 Å². The first kappa shape index (κ1) is 23.3. The van der Waals surface area contributed by atoms with Gasteiger partial charge < -0.3 is 14.8 Å². The van der Waals surface area contributed by atoms with E-state index in [1.165, 1.54) is 17.5 Å². The highest BCUT2D eigenvalue weighted by molar-refractivity contribution is 7.92. The molecule has 0 bridgehead atoms. The highest BCUT2D eigenvalue weighted by Crippen LogP contribution is 2.36. The Kier molecular flexibility index (Phi) is 6.56. The Morgan fingerprint density at radius 3 is 2.50 bits per heavy atom. The second kappa shape index (κ2) is 9.56. The Morgan fingerprint density at radius 1 is 1.06 bits per heavy atom. The molecule has 0 unspecified atom stereocenters. The fourth-order valence-electron chi connectivity index (χ4n) is 3.68. The molecule has 0 aliphatic carbocycles. The van der Waals surface area contributed by atoms with Gasteiger partial charge in [0.1, 0.15) is 5.75 Å². The fraction of sp³-hybridized carbons (Fsp3) is 0.200. The molecule has 1 heterocycles. The van der Waals surface area contributed by atoms with E-state index >= 15 is 0 Å². The van der Waals surface area contributed by atoms with Gasteiger partial charge in [-0.05, 0) is 42.3 Å². The molecule has 1 aliphatic rings. The predicted molar refractivity (Wildman–Crippen MR) is 128 cm³/mol. The van der Waals surface area contributed by atoms with Crippen LogP contribution >= 0.6 is 0 Å². The van der Waals surface area contributed by atoms with Crippen LogP contribution in [0.1, 0.15) is 21.5 Å². The minimum absolute atomic E-state index is 0.187. The number of anilines is 2. The lowest BCUT2D eigenvalue weighted by Crippen LogP contribution is -2.49. The van der Waals surface area contributed by atoms with Gasteiger partial charge in [0.05, 0.1) is 30.7 Å². The Balaban J connectivity index is 1.61. The zero-order chi connectivity index (χ0) is 24.3. The maximum absolute atomic E-state index is 13.3. The van der Waals surface area contributed by atoms with Crippen LogP contribution in [0.25, 0.3) is 0 Å². The first-order chi connectivity index (χ1) is 16.3. The average Bonchev–Trinajstić information content (AvgIpc) is 2.84. The van der Waals surface area contributed by atoms with Crippen LogP contribution in [0.5, 0.6) is 5.75 Å². The molecule has 1 atom stereocenters. The molecule has 1 N–H and O–H groups in total. The Morgan fingerprint density at radius 2 is 1.76 bits per heavy atom. The molecule has 0 fully saturated rings. The minimum Gasteiger partial charge on any atom is -0.476 e. The van der Waals surface area contributed by atoms with Gasteiger partial charge in [-0.3, -0.25) is 9.10 Å². The number of sulfonamides is 1. The number of esters is 1. The van der Waals surface area contributed by atoms with Crippen LogP contribution in [0.15, 0.2) is 72.8 Å². The summed E-state index contributed by atoms with van der Waals surface area (Å²) in [5.41, 5.74) is 2.44. The van der Waals surface area contributed by atoms with E-state index in [1.807, 2.05) is 6.07 Å². The van der Waals surface area contributed by atoms with Crippen molar-refractivity contribution in [2.45, 2.75) is 18.8 Å². The summed E-state index contributed by atoms with van der Waals surface area (Å²) in [7, 11) is -2.53. The van der Waals surface area contributed by atoms with Crippen LogP contribution in [-0.4, -0.2) is 40.1 Å². The van der Waals surface area contributed by atoms with Gasteiger partial charge in [-0.2, -0.15) is 0 Å². The monoisotopic (exact) mass is 480 g/mol. The number of rotatable bonds is 6. The molecule has 3 aromatic rings. The number of nitrogens with zero attached hydrogens (tertiary/aromatic N) is 1. The number of carbonyl (C=O) groups is 2. The van der Waals surface area contributed by atoms with E-state index in [-0.39, 0.29) is 17.9 Å². The summed E-state index contributed by atoms with van der Waals surface area (Å²) in [6.45, 7) is 1.60. The molecule has 34 heavy (non-hydrogen) atoms. The number of carbonyl (C=O) groups excluding carboxylic acids is 2. The summed E-state index contributed by atoms with van der Waals surface area (Å²) >= 11 is 0. The van der Waals surface area contributed by atoms with Crippen LogP contribution in [0.4, 0.5) is 11.4 Å². The number of hydrogen-bond donors (Lipinski definition) is 1. The Bertz CT molecular complexity index is 1320. The second-order valence-electron chi connectivity index (χ2n) is 7.86. The molecule has 176 valence electrons. The van der Waals surface area contributed by atoms with Gasteiger partial charge in [-0.15, -0.1) is 0 Å². The van der Waals surface area contributed by atoms with Crippen LogP contribution in [0.3, 0.4) is 0 Å². The lowest BCUT2D eigenvalue weighted by Gasteiger charge is -2.34. The van der Waals surface area contributed by atoms with E-state index in [0.717, 1.165) is 5.56 Å². The van der Waals surface area contributed by atoms with E-state index in [0.29, 0.717) is 22.7 Å². The molecule has 9 heteroatoms. The SMILES string of the molecule is COC(=O)c1ccc(C)c(NC(=O)[C@H]2CN(S(=O)(=O)Cc3ccccc3)c3ccccc3O2)c1. The lowest BCUT2D eigenvalue weighted by molar-refractivity contribution is -0.122. The van der Waals surface area contributed by atoms with Gasteiger partial charge >= 0.3 is 5.97 Å². The van der Waals surface area contributed by atoms with Crippen molar-refractivity contribution in [1.29, 1.82) is 0 Å². The third-order valence-corrected chi connectivity index (χ3v) is 7.19.